The molecule has 4 nitrogen and oxygen atoms in total. The van der Waals surface area contributed by atoms with Crippen LogP contribution in [0.2, 0.25) is 0 Å². The van der Waals surface area contributed by atoms with Crippen molar-refractivity contribution in [3.63, 3.8) is 0 Å². The number of likely N-dealkylation sites (tertiary alicyclic amines) is 1. The molecule has 4 heteroatoms. The van der Waals surface area contributed by atoms with E-state index >= 15 is 0 Å². The van der Waals surface area contributed by atoms with Crippen LogP contribution in [0.15, 0.2) is 4.99 Å². The molecule has 1 aliphatic heterocycles. The molecule has 0 saturated carbocycles. The van der Waals surface area contributed by atoms with Crippen LogP contribution in [-0.4, -0.2) is 50.3 Å². The molecule has 1 aliphatic rings. The molecule has 0 amide bonds. The predicted molar refractivity (Wildman–Crippen MR) is 86.2 cm³/mol. The Balaban J connectivity index is 2.37. The van der Waals surface area contributed by atoms with E-state index in [0.717, 1.165) is 44.5 Å². The fraction of sp³-hybridized carbons (Fsp3) is 0.938. The molecular weight excluding hydrogens is 250 g/mol. The van der Waals surface area contributed by atoms with E-state index in [2.05, 4.69) is 42.9 Å². The fourth-order valence-corrected chi connectivity index (χ4v) is 2.86. The average molecular weight is 283 g/mol. The number of hydrogen-bond acceptors (Lipinski definition) is 2. The van der Waals surface area contributed by atoms with Crippen molar-refractivity contribution < 1.29 is 4.74 Å². The molecule has 2 atom stereocenters. The minimum atomic E-state index is 0.339. The molecule has 0 aliphatic carbocycles. The maximum atomic E-state index is 5.79. The van der Waals surface area contributed by atoms with Gasteiger partial charge in [0.15, 0.2) is 5.96 Å². The highest BCUT2D eigenvalue weighted by atomic mass is 16.5. The third kappa shape index (κ3) is 5.70. The monoisotopic (exact) mass is 283 g/mol. The molecule has 0 spiro atoms. The summed E-state index contributed by atoms with van der Waals surface area (Å²) in [6, 6.07) is 0. The van der Waals surface area contributed by atoms with Gasteiger partial charge in [0, 0.05) is 33.3 Å². The minimum absolute atomic E-state index is 0.339. The van der Waals surface area contributed by atoms with Crippen LogP contribution in [0.25, 0.3) is 0 Å². The summed E-state index contributed by atoms with van der Waals surface area (Å²) in [6.07, 6.45) is 3.99. The molecule has 0 aromatic carbocycles. The second-order valence-electron chi connectivity index (χ2n) is 6.19. The summed E-state index contributed by atoms with van der Waals surface area (Å²) in [4.78, 5) is 6.81. The number of nitrogens with one attached hydrogen (secondary N) is 1. The number of piperidine rings is 1. The summed E-state index contributed by atoms with van der Waals surface area (Å²) in [6.45, 7) is 12.8. The zero-order chi connectivity index (χ0) is 15.0. The number of nitrogens with zero attached hydrogens (tertiary/aromatic N) is 2. The Morgan fingerprint density at radius 3 is 2.75 bits per heavy atom. The fourth-order valence-electron chi connectivity index (χ4n) is 2.86. The van der Waals surface area contributed by atoms with Crippen molar-refractivity contribution in [2.75, 3.05) is 33.3 Å². The van der Waals surface area contributed by atoms with Gasteiger partial charge in [0.2, 0.25) is 0 Å². The van der Waals surface area contributed by atoms with Crippen LogP contribution in [0.4, 0.5) is 0 Å². The molecule has 0 aromatic rings. The Labute approximate surface area is 125 Å². The summed E-state index contributed by atoms with van der Waals surface area (Å²) in [7, 11) is 1.88. The van der Waals surface area contributed by atoms with Gasteiger partial charge in [-0.2, -0.15) is 0 Å². The highest BCUT2D eigenvalue weighted by Crippen LogP contribution is 2.15. The number of ether oxygens (including phenoxy) is 1. The van der Waals surface area contributed by atoms with Crippen LogP contribution in [-0.2, 0) is 4.74 Å². The molecule has 0 bridgehead atoms. The standard InChI is InChI=1S/C16H33N3O/c1-6-20-15(13(2)3)9-10-18-16(17-5)19-11-7-8-14(4)12-19/h13-15H,6-12H2,1-5H3,(H,17,18). The largest absolute Gasteiger partial charge is 0.378 e. The Kier molecular flexibility index (Phi) is 7.97. The van der Waals surface area contributed by atoms with Gasteiger partial charge in [-0.25, -0.2) is 0 Å². The van der Waals surface area contributed by atoms with Crippen LogP contribution < -0.4 is 5.32 Å². The molecule has 1 fully saturated rings. The highest BCUT2D eigenvalue weighted by molar-refractivity contribution is 5.79. The Morgan fingerprint density at radius 1 is 1.45 bits per heavy atom. The second kappa shape index (κ2) is 9.22. The van der Waals surface area contributed by atoms with Gasteiger partial charge in [-0.1, -0.05) is 20.8 Å². The predicted octanol–water partition coefficient (Wildman–Crippen LogP) is 2.74. The summed E-state index contributed by atoms with van der Waals surface area (Å²) in [5, 5.41) is 3.50. The van der Waals surface area contributed by atoms with E-state index in [0.29, 0.717) is 12.0 Å². The van der Waals surface area contributed by atoms with Gasteiger partial charge in [-0.3, -0.25) is 4.99 Å². The molecule has 1 rings (SSSR count). The molecule has 118 valence electrons. The molecule has 1 heterocycles. The van der Waals surface area contributed by atoms with Crippen LogP contribution in [0.1, 0.15) is 47.0 Å². The van der Waals surface area contributed by atoms with Gasteiger partial charge in [-0.15, -0.1) is 0 Å². The molecule has 2 unspecified atom stereocenters. The number of hydrogen-bond donors (Lipinski definition) is 1. The van der Waals surface area contributed by atoms with E-state index < -0.39 is 0 Å². The van der Waals surface area contributed by atoms with E-state index in [4.69, 9.17) is 4.74 Å². The lowest BCUT2D eigenvalue weighted by molar-refractivity contribution is 0.0257. The molecule has 1 N–H and O–H groups in total. The van der Waals surface area contributed by atoms with Crippen molar-refractivity contribution in [2.45, 2.75) is 53.1 Å². The van der Waals surface area contributed by atoms with Gasteiger partial charge in [0.05, 0.1) is 6.10 Å². The van der Waals surface area contributed by atoms with Gasteiger partial charge < -0.3 is 15.0 Å². The minimum Gasteiger partial charge on any atom is -0.378 e. The average Bonchev–Trinajstić information content (AvgIpc) is 2.42. The van der Waals surface area contributed by atoms with Gasteiger partial charge in [0.1, 0.15) is 0 Å². The normalized spacial score (nSPS) is 22.2. The van der Waals surface area contributed by atoms with E-state index in [1.807, 2.05) is 7.05 Å². The van der Waals surface area contributed by atoms with E-state index in [-0.39, 0.29) is 0 Å². The third-order valence-corrected chi connectivity index (χ3v) is 4.00. The van der Waals surface area contributed by atoms with Crippen LogP contribution >= 0.6 is 0 Å². The van der Waals surface area contributed by atoms with Gasteiger partial charge in [0.25, 0.3) is 0 Å². The lowest BCUT2D eigenvalue weighted by Crippen LogP contribution is -2.46. The van der Waals surface area contributed by atoms with Crippen molar-refractivity contribution in [1.29, 1.82) is 0 Å². The highest BCUT2D eigenvalue weighted by Gasteiger charge is 2.19. The number of aliphatic imine (C=N–C) groups is 1. The van der Waals surface area contributed by atoms with Crippen LogP contribution in [0, 0.1) is 11.8 Å². The zero-order valence-electron chi connectivity index (χ0n) is 14.0. The summed E-state index contributed by atoms with van der Waals surface area (Å²) >= 11 is 0. The maximum Gasteiger partial charge on any atom is 0.193 e. The number of guanidine groups is 1. The number of rotatable bonds is 6. The van der Waals surface area contributed by atoms with Gasteiger partial charge >= 0.3 is 0 Å². The maximum absolute atomic E-state index is 5.79. The van der Waals surface area contributed by atoms with Crippen LogP contribution in [0.3, 0.4) is 0 Å². The first kappa shape index (κ1) is 17.3. The quantitative estimate of drug-likeness (QED) is 0.601. The summed E-state index contributed by atoms with van der Waals surface area (Å²) < 4.78 is 5.79. The molecule has 20 heavy (non-hydrogen) atoms. The second-order valence-corrected chi connectivity index (χ2v) is 6.19. The van der Waals surface area contributed by atoms with Crippen molar-refractivity contribution in [2.24, 2.45) is 16.8 Å². The summed E-state index contributed by atoms with van der Waals surface area (Å²) in [5.41, 5.74) is 0. The Hall–Kier alpha value is -0.770. The SMILES string of the molecule is CCOC(CCNC(=NC)N1CCCC(C)C1)C(C)C. The van der Waals surface area contributed by atoms with E-state index in [9.17, 15) is 0 Å². The molecule has 1 saturated heterocycles. The first-order valence-electron chi connectivity index (χ1n) is 8.15. The smallest absolute Gasteiger partial charge is 0.193 e. The first-order chi connectivity index (χ1) is 9.58. The molecule has 0 radical (unpaired) electrons. The lowest BCUT2D eigenvalue weighted by atomic mass is 10.0. The van der Waals surface area contributed by atoms with E-state index in [1.54, 1.807) is 0 Å². The van der Waals surface area contributed by atoms with Crippen molar-refractivity contribution in [1.82, 2.24) is 10.2 Å². The van der Waals surface area contributed by atoms with Gasteiger partial charge in [-0.05, 0) is 38.0 Å². The molecular formula is C16H33N3O. The lowest BCUT2D eigenvalue weighted by Gasteiger charge is -2.33. The third-order valence-electron chi connectivity index (χ3n) is 4.00. The Bertz CT molecular complexity index is 291. The topological polar surface area (TPSA) is 36.9 Å². The van der Waals surface area contributed by atoms with Crippen molar-refractivity contribution in [3.8, 4) is 0 Å². The summed E-state index contributed by atoms with van der Waals surface area (Å²) in [5.74, 6) is 2.39. The first-order valence-corrected chi connectivity index (χ1v) is 8.15. The van der Waals surface area contributed by atoms with E-state index in [1.165, 1.54) is 12.8 Å². The molecule has 0 aromatic heterocycles. The zero-order valence-corrected chi connectivity index (χ0v) is 14.0. The van der Waals surface area contributed by atoms with Crippen molar-refractivity contribution in [3.05, 3.63) is 0 Å². The van der Waals surface area contributed by atoms with Crippen molar-refractivity contribution >= 4 is 5.96 Å². The Morgan fingerprint density at radius 2 is 2.20 bits per heavy atom. The van der Waals surface area contributed by atoms with Crippen LogP contribution in [0.5, 0.6) is 0 Å².